The van der Waals surface area contributed by atoms with E-state index in [1.54, 1.807) is 21.3 Å². The zero-order valence-electron chi connectivity index (χ0n) is 23.3. The Morgan fingerprint density at radius 1 is 0.949 bits per heavy atom. The maximum Gasteiger partial charge on any atom is 0.270 e. The molecular formula is C30H40N4O4S. The van der Waals surface area contributed by atoms with Crippen molar-refractivity contribution in [1.82, 2.24) is 20.1 Å². The Morgan fingerprint density at radius 2 is 1.69 bits per heavy atom. The van der Waals surface area contributed by atoms with Gasteiger partial charge in [-0.1, -0.05) is 24.6 Å². The molecule has 0 atom stereocenters. The van der Waals surface area contributed by atoms with Gasteiger partial charge in [0.15, 0.2) is 11.5 Å². The van der Waals surface area contributed by atoms with Crippen molar-refractivity contribution in [3.05, 3.63) is 69.7 Å². The zero-order chi connectivity index (χ0) is 27.5. The molecule has 0 saturated carbocycles. The molecule has 2 heterocycles. The average Bonchev–Trinajstić information content (AvgIpc) is 3.45. The molecule has 2 aromatic carbocycles. The van der Waals surface area contributed by atoms with Crippen molar-refractivity contribution in [3.8, 4) is 17.2 Å². The van der Waals surface area contributed by atoms with E-state index in [9.17, 15) is 4.79 Å². The van der Waals surface area contributed by atoms with Gasteiger partial charge in [0.05, 0.1) is 27.9 Å². The number of aromatic nitrogens is 1. The Morgan fingerprint density at radius 3 is 2.41 bits per heavy atom. The summed E-state index contributed by atoms with van der Waals surface area (Å²) in [6, 6.07) is 14.2. The molecule has 9 heteroatoms. The van der Waals surface area contributed by atoms with Crippen LogP contribution in [0.15, 0.2) is 47.8 Å². The van der Waals surface area contributed by atoms with Crippen LogP contribution in [0.5, 0.6) is 17.2 Å². The van der Waals surface area contributed by atoms with E-state index in [-0.39, 0.29) is 5.91 Å². The van der Waals surface area contributed by atoms with Gasteiger partial charge < -0.3 is 24.4 Å². The molecular weight excluding hydrogens is 512 g/mol. The van der Waals surface area contributed by atoms with Crippen LogP contribution in [0.3, 0.4) is 0 Å². The lowest BCUT2D eigenvalue weighted by Crippen LogP contribution is -2.37. The van der Waals surface area contributed by atoms with Crippen molar-refractivity contribution >= 4 is 17.2 Å². The number of carbonyl (C=O) groups is 1. The van der Waals surface area contributed by atoms with Crippen molar-refractivity contribution in [2.24, 2.45) is 0 Å². The molecule has 1 aliphatic rings. The smallest absolute Gasteiger partial charge is 0.270 e. The summed E-state index contributed by atoms with van der Waals surface area (Å²) >= 11 is 1.54. The molecule has 210 valence electrons. The summed E-state index contributed by atoms with van der Waals surface area (Å²) in [7, 11) is 4.97. The van der Waals surface area contributed by atoms with Gasteiger partial charge in [0.2, 0.25) is 0 Å². The predicted molar refractivity (Wildman–Crippen MR) is 155 cm³/mol. The topological polar surface area (TPSA) is 76.2 Å². The van der Waals surface area contributed by atoms with Crippen LogP contribution < -0.4 is 19.5 Å². The number of methoxy groups -OCH3 is 3. The van der Waals surface area contributed by atoms with E-state index in [1.165, 1.54) is 41.7 Å². The van der Waals surface area contributed by atoms with Crippen LogP contribution in [0.4, 0.5) is 0 Å². The number of piperidine rings is 1. The summed E-state index contributed by atoms with van der Waals surface area (Å²) in [6.07, 6.45) is 4.66. The lowest BCUT2D eigenvalue weighted by atomic mass is 10.1. The number of likely N-dealkylation sites (tertiary alicyclic amines) is 1. The van der Waals surface area contributed by atoms with Crippen molar-refractivity contribution < 1.29 is 19.0 Å². The summed E-state index contributed by atoms with van der Waals surface area (Å²) in [6.45, 7) is 6.04. The van der Waals surface area contributed by atoms with Gasteiger partial charge in [0.25, 0.3) is 5.91 Å². The molecule has 1 amide bonds. The van der Waals surface area contributed by atoms with E-state index in [0.717, 1.165) is 61.4 Å². The molecule has 1 saturated heterocycles. The summed E-state index contributed by atoms with van der Waals surface area (Å²) in [4.78, 5) is 22.2. The Balaban J connectivity index is 1.38. The number of carbonyl (C=O) groups excluding carboxylic acids is 1. The largest absolute Gasteiger partial charge is 0.497 e. The lowest BCUT2D eigenvalue weighted by molar-refractivity contribution is 0.0942. The van der Waals surface area contributed by atoms with Crippen LogP contribution in [0.25, 0.3) is 0 Å². The van der Waals surface area contributed by atoms with Crippen molar-refractivity contribution in [2.45, 2.75) is 38.8 Å². The maximum absolute atomic E-state index is 12.7. The second-order valence-electron chi connectivity index (χ2n) is 9.78. The fourth-order valence-corrected chi connectivity index (χ4v) is 5.62. The number of benzene rings is 2. The summed E-state index contributed by atoms with van der Waals surface area (Å²) in [5.41, 5.74) is 2.86. The molecule has 0 bridgehead atoms. The third kappa shape index (κ3) is 8.68. The van der Waals surface area contributed by atoms with E-state index in [0.29, 0.717) is 18.8 Å². The van der Waals surface area contributed by atoms with Crippen LogP contribution in [0.2, 0.25) is 0 Å². The van der Waals surface area contributed by atoms with Gasteiger partial charge in [-0.3, -0.25) is 9.69 Å². The molecule has 3 aromatic rings. The van der Waals surface area contributed by atoms with E-state index < -0.39 is 0 Å². The molecule has 1 aliphatic heterocycles. The van der Waals surface area contributed by atoms with E-state index in [1.807, 2.05) is 29.6 Å². The van der Waals surface area contributed by atoms with E-state index in [4.69, 9.17) is 14.2 Å². The van der Waals surface area contributed by atoms with Crippen molar-refractivity contribution in [1.29, 1.82) is 0 Å². The number of nitrogens with zero attached hydrogens (tertiary/aromatic N) is 3. The number of hydrogen-bond acceptors (Lipinski definition) is 8. The highest BCUT2D eigenvalue weighted by Crippen LogP contribution is 2.28. The molecule has 39 heavy (non-hydrogen) atoms. The SMILES string of the molecule is COc1ccc(CN(CCc2ccc(OC)c(OC)c2)Cc2nc(C(=O)NCCN3CCCCC3)cs2)cc1. The number of amides is 1. The molecule has 1 aromatic heterocycles. The molecule has 1 fully saturated rings. The van der Waals surface area contributed by atoms with Crippen molar-refractivity contribution in [3.63, 3.8) is 0 Å². The zero-order valence-corrected chi connectivity index (χ0v) is 24.1. The minimum Gasteiger partial charge on any atom is -0.497 e. The van der Waals surface area contributed by atoms with Gasteiger partial charge in [-0.25, -0.2) is 4.98 Å². The highest BCUT2D eigenvalue weighted by molar-refractivity contribution is 7.09. The van der Waals surface area contributed by atoms with Gasteiger partial charge in [-0.15, -0.1) is 11.3 Å². The van der Waals surface area contributed by atoms with Gasteiger partial charge >= 0.3 is 0 Å². The minimum atomic E-state index is -0.0958. The highest BCUT2D eigenvalue weighted by Gasteiger charge is 2.16. The minimum absolute atomic E-state index is 0.0958. The van der Waals surface area contributed by atoms with Gasteiger partial charge in [0.1, 0.15) is 16.5 Å². The van der Waals surface area contributed by atoms with E-state index >= 15 is 0 Å². The number of rotatable bonds is 14. The molecule has 0 radical (unpaired) electrons. The number of hydrogen-bond donors (Lipinski definition) is 1. The summed E-state index contributed by atoms with van der Waals surface area (Å²) in [5, 5.41) is 5.84. The van der Waals surface area contributed by atoms with Gasteiger partial charge in [-0.05, 0) is 67.7 Å². The highest BCUT2D eigenvalue weighted by atomic mass is 32.1. The van der Waals surface area contributed by atoms with Crippen LogP contribution >= 0.6 is 11.3 Å². The average molecular weight is 553 g/mol. The Hall–Kier alpha value is -3.14. The molecule has 1 N–H and O–H groups in total. The van der Waals surface area contributed by atoms with E-state index in [2.05, 4.69) is 38.3 Å². The summed E-state index contributed by atoms with van der Waals surface area (Å²) < 4.78 is 16.2. The normalized spacial score (nSPS) is 13.8. The fraction of sp³-hybridized carbons (Fsp3) is 0.467. The molecule has 8 nitrogen and oxygen atoms in total. The fourth-order valence-electron chi connectivity index (χ4n) is 4.81. The third-order valence-electron chi connectivity index (χ3n) is 7.04. The second kappa shape index (κ2) is 14.9. The molecule has 4 rings (SSSR count). The van der Waals surface area contributed by atoms with Crippen LogP contribution in [0, 0.1) is 0 Å². The molecule has 0 spiro atoms. The molecule has 0 unspecified atom stereocenters. The second-order valence-corrected chi connectivity index (χ2v) is 10.7. The Bertz CT molecular complexity index is 1180. The molecule has 0 aliphatic carbocycles. The number of thiazole rings is 1. The van der Waals surface area contributed by atoms with Gasteiger partial charge in [0, 0.05) is 31.6 Å². The van der Waals surface area contributed by atoms with Crippen LogP contribution in [-0.4, -0.2) is 74.7 Å². The van der Waals surface area contributed by atoms with Crippen molar-refractivity contribution in [2.75, 3.05) is 54.1 Å². The number of nitrogens with one attached hydrogen (secondary N) is 1. The first-order chi connectivity index (χ1) is 19.1. The Kier molecular flexibility index (Phi) is 11.0. The quantitative estimate of drug-likeness (QED) is 0.313. The first-order valence-electron chi connectivity index (χ1n) is 13.6. The monoisotopic (exact) mass is 552 g/mol. The summed E-state index contributed by atoms with van der Waals surface area (Å²) in [5.74, 6) is 2.20. The standard InChI is InChI=1S/C30H40N4O4S/c1-36-25-10-7-24(8-11-25)20-34(17-13-23-9-12-27(37-2)28(19-23)38-3)21-29-32-26(22-39-29)30(35)31-14-18-33-15-5-4-6-16-33/h7-12,19,22H,4-6,13-18,20-21H2,1-3H3,(H,31,35). The number of ether oxygens (including phenoxy) is 3. The first-order valence-corrected chi connectivity index (χ1v) is 14.5. The van der Waals surface area contributed by atoms with Crippen LogP contribution in [-0.2, 0) is 19.5 Å². The van der Waals surface area contributed by atoms with Crippen LogP contribution in [0.1, 0.15) is 45.9 Å². The predicted octanol–water partition coefficient (Wildman–Crippen LogP) is 4.63. The van der Waals surface area contributed by atoms with Gasteiger partial charge in [-0.2, -0.15) is 0 Å². The maximum atomic E-state index is 12.7. The third-order valence-corrected chi connectivity index (χ3v) is 7.87. The first kappa shape index (κ1) is 28.9. The lowest BCUT2D eigenvalue weighted by Gasteiger charge is -2.26. The Labute approximate surface area is 235 Å².